The van der Waals surface area contributed by atoms with Crippen molar-refractivity contribution in [3.8, 4) is 0 Å². The van der Waals surface area contributed by atoms with Gasteiger partial charge in [-0.25, -0.2) is 0 Å². The Hall–Kier alpha value is -2.66. The molecule has 5 nitrogen and oxygen atoms in total. The zero-order valence-corrected chi connectivity index (χ0v) is 13.0. The van der Waals surface area contributed by atoms with Crippen LogP contribution in [-0.2, 0) is 27.4 Å². The molecule has 0 spiro atoms. The van der Waals surface area contributed by atoms with Gasteiger partial charge in [-0.3, -0.25) is 9.59 Å². The van der Waals surface area contributed by atoms with Crippen molar-refractivity contribution in [2.45, 2.75) is 13.0 Å². The Kier molecular flexibility index (Phi) is 6.32. The Balaban J connectivity index is 1.78. The van der Waals surface area contributed by atoms with Gasteiger partial charge in [0.15, 0.2) is 0 Å². The number of rotatable bonds is 7. The van der Waals surface area contributed by atoms with Crippen molar-refractivity contribution < 1.29 is 14.3 Å². The minimum Gasteiger partial charge on any atom is -0.380 e. The first-order chi connectivity index (χ1) is 11.2. The molecule has 2 amide bonds. The Morgan fingerprint density at radius 2 is 1.70 bits per heavy atom. The third kappa shape index (κ3) is 5.92. The second-order valence-corrected chi connectivity index (χ2v) is 5.12. The molecule has 0 saturated carbocycles. The first kappa shape index (κ1) is 16.7. The molecule has 120 valence electrons. The van der Waals surface area contributed by atoms with E-state index in [-0.39, 0.29) is 24.8 Å². The molecule has 2 aromatic rings. The number of ether oxygens (including phenoxy) is 1. The predicted molar refractivity (Wildman–Crippen MR) is 88.9 cm³/mol. The normalized spacial score (nSPS) is 10.1. The van der Waals surface area contributed by atoms with Crippen molar-refractivity contribution in [3.05, 3.63) is 65.7 Å². The number of anilines is 1. The van der Waals surface area contributed by atoms with E-state index < -0.39 is 0 Å². The highest BCUT2D eigenvalue weighted by atomic mass is 16.5. The molecular formula is C18H20N2O3. The fraction of sp³-hybridized carbons (Fsp3) is 0.222. The largest absolute Gasteiger partial charge is 0.380 e. The van der Waals surface area contributed by atoms with E-state index in [4.69, 9.17) is 4.74 Å². The summed E-state index contributed by atoms with van der Waals surface area (Å²) in [7, 11) is 1.62. The zero-order valence-electron chi connectivity index (χ0n) is 13.0. The Morgan fingerprint density at radius 1 is 0.957 bits per heavy atom. The molecule has 0 fully saturated rings. The van der Waals surface area contributed by atoms with Crippen molar-refractivity contribution in [3.63, 3.8) is 0 Å². The number of carbonyl (C=O) groups excluding carboxylic acids is 2. The maximum Gasteiger partial charge on any atom is 0.243 e. The first-order valence-electron chi connectivity index (χ1n) is 7.35. The molecule has 0 heterocycles. The summed E-state index contributed by atoms with van der Waals surface area (Å²) in [5.41, 5.74) is 2.57. The standard InChI is InChI=1S/C18H20N2O3/c1-23-13-15-8-5-9-16(10-15)20-18(22)12-19-17(21)11-14-6-3-2-4-7-14/h2-10H,11-13H2,1H3,(H,19,21)(H,20,22). The van der Waals surface area contributed by atoms with E-state index in [9.17, 15) is 9.59 Å². The van der Waals surface area contributed by atoms with Gasteiger partial charge in [0.1, 0.15) is 0 Å². The van der Waals surface area contributed by atoms with Crippen LogP contribution in [0.4, 0.5) is 5.69 Å². The van der Waals surface area contributed by atoms with Gasteiger partial charge in [-0.15, -0.1) is 0 Å². The fourth-order valence-corrected chi connectivity index (χ4v) is 2.13. The summed E-state index contributed by atoms with van der Waals surface area (Å²) < 4.78 is 5.05. The molecule has 23 heavy (non-hydrogen) atoms. The van der Waals surface area contributed by atoms with Crippen molar-refractivity contribution >= 4 is 17.5 Å². The van der Waals surface area contributed by atoms with E-state index in [1.54, 1.807) is 13.2 Å². The minimum atomic E-state index is -0.263. The van der Waals surface area contributed by atoms with E-state index in [2.05, 4.69) is 10.6 Å². The van der Waals surface area contributed by atoms with Crippen LogP contribution in [0.25, 0.3) is 0 Å². The van der Waals surface area contributed by atoms with E-state index in [1.807, 2.05) is 48.5 Å². The average molecular weight is 312 g/mol. The lowest BCUT2D eigenvalue weighted by molar-refractivity contribution is -0.123. The maximum atomic E-state index is 11.9. The van der Waals surface area contributed by atoms with Crippen LogP contribution in [0.3, 0.4) is 0 Å². The first-order valence-corrected chi connectivity index (χ1v) is 7.35. The number of benzene rings is 2. The quantitative estimate of drug-likeness (QED) is 0.823. The zero-order chi connectivity index (χ0) is 16.5. The van der Waals surface area contributed by atoms with Gasteiger partial charge in [-0.1, -0.05) is 42.5 Å². The highest BCUT2D eigenvalue weighted by Crippen LogP contribution is 2.11. The van der Waals surface area contributed by atoms with Gasteiger partial charge in [0.2, 0.25) is 11.8 Å². The molecule has 0 aliphatic heterocycles. The van der Waals surface area contributed by atoms with Crippen molar-refractivity contribution in [2.75, 3.05) is 19.0 Å². The molecule has 0 aliphatic rings. The SMILES string of the molecule is COCc1cccc(NC(=O)CNC(=O)Cc2ccccc2)c1. The highest BCUT2D eigenvalue weighted by Gasteiger charge is 2.07. The van der Waals surface area contributed by atoms with E-state index in [0.717, 1.165) is 11.1 Å². The highest BCUT2D eigenvalue weighted by molar-refractivity contribution is 5.94. The molecule has 0 aromatic heterocycles. The van der Waals surface area contributed by atoms with Crippen LogP contribution in [-0.4, -0.2) is 25.5 Å². The monoisotopic (exact) mass is 312 g/mol. The summed E-state index contributed by atoms with van der Waals surface area (Å²) in [5.74, 6) is -0.444. The molecule has 0 unspecified atom stereocenters. The molecule has 5 heteroatoms. The van der Waals surface area contributed by atoms with Crippen molar-refractivity contribution in [2.24, 2.45) is 0 Å². The predicted octanol–water partition coefficient (Wildman–Crippen LogP) is 2.13. The molecule has 0 aliphatic carbocycles. The van der Waals surface area contributed by atoms with Gasteiger partial charge in [0.05, 0.1) is 19.6 Å². The summed E-state index contributed by atoms with van der Waals surface area (Å²) in [6, 6.07) is 16.8. The van der Waals surface area contributed by atoms with Gasteiger partial charge in [0.25, 0.3) is 0 Å². The van der Waals surface area contributed by atoms with Crippen LogP contribution in [0, 0.1) is 0 Å². The van der Waals surface area contributed by atoms with Crippen LogP contribution < -0.4 is 10.6 Å². The molecule has 2 N–H and O–H groups in total. The van der Waals surface area contributed by atoms with Crippen molar-refractivity contribution in [1.82, 2.24) is 5.32 Å². The van der Waals surface area contributed by atoms with Crippen molar-refractivity contribution in [1.29, 1.82) is 0 Å². The molecular weight excluding hydrogens is 292 g/mol. The Morgan fingerprint density at radius 3 is 2.43 bits per heavy atom. The van der Waals surface area contributed by atoms with Gasteiger partial charge in [0, 0.05) is 12.8 Å². The lowest BCUT2D eigenvalue weighted by Gasteiger charge is -2.08. The summed E-state index contributed by atoms with van der Waals surface area (Å²) in [6.45, 7) is 0.428. The molecule has 0 bridgehead atoms. The molecule has 0 saturated heterocycles. The van der Waals surface area contributed by atoms with Gasteiger partial charge in [-0.2, -0.15) is 0 Å². The number of hydrogen-bond acceptors (Lipinski definition) is 3. The van der Waals surface area contributed by atoms with Gasteiger partial charge in [-0.05, 0) is 23.3 Å². The topological polar surface area (TPSA) is 67.4 Å². The Labute approximate surface area is 135 Å². The second-order valence-electron chi connectivity index (χ2n) is 5.12. The second kappa shape index (κ2) is 8.70. The minimum absolute atomic E-state index is 0.0554. The fourth-order valence-electron chi connectivity index (χ4n) is 2.13. The number of nitrogens with one attached hydrogen (secondary N) is 2. The molecule has 2 rings (SSSR count). The van der Waals surface area contributed by atoms with Gasteiger partial charge < -0.3 is 15.4 Å². The number of amides is 2. The lowest BCUT2D eigenvalue weighted by atomic mass is 10.1. The van der Waals surface area contributed by atoms with Crippen LogP contribution in [0.1, 0.15) is 11.1 Å². The number of carbonyl (C=O) groups is 2. The van der Waals surface area contributed by atoms with Crippen LogP contribution in [0.5, 0.6) is 0 Å². The van der Waals surface area contributed by atoms with E-state index in [1.165, 1.54) is 0 Å². The van der Waals surface area contributed by atoms with Crippen LogP contribution >= 0.6 is 0 Å². The summed E-state index contributed by atoms with van der Waals surface area (Å²) in [6.07, 6.45) is 0.261. The summed E-state index contributed by atoms with van der Waals surface area (Å²) >= 11 is 0. The smallest absolute Gasteiger partial charge is 0.243 e. The lowest BCUT2D eigenvalue weighted by Crippen LogP contribution is -2.33. The maximum absolute atomic E-state index is 11.9. The molecule has 0 atom stereocenters. The van der Waals surface area contributed by atoms with E-state index >= 15 is 0 Å². The average Bonchev–Trinajstić information content (AvgIpc) is 2.55. The number of hydrogen-bond donors (Lipinski definition) is 2. The molecule has 0 radical (unpaired) electrons. The summed E-state index contributed by atoms with van der Waals surface area (Å²) in [5, 5.41) is 5.37. The van der Waals surface area contributed by atoms with Gasteiger partial charge >= 0.3 is 0 Å². The number of methoxy groups -OCH3 is 1. The summed E-state index contributed by atoms with van der Waals surface area (Å²) in [4.78, 5) is 23.7. The third-order valence-electron chi connectivity index (χ3n) is 3.18. The van der Waals surface area contributed by atoms with Crippen LogP contribution in [0.15, 0.2) is 54.6 Å². The Bertz CT molecular complexity index is 656. The third-order valence-corrected chi connectivity index (χ3v) is 3.18. The van der Waals surface area contributed by atoms with Crippen LogP contribution in [0.2, 0.25) is 0 Å². The van der Waals surface area contributed by atoms with E-state index in [0.29, 0.717) is 12.3 Å². The molecule has 2 aromatic carbocycles.